The second kappa shape index (κ2) is 7.66. The lowest BCUT2D eigenvalue weighted by molar-refractivity contribution is 0.505. The van der Waals surface area contributed by atoms with Gasteiger partial charge in [-0.2, -0.15) is 0 Å². The maximum absolute atomic E-state index is 3.78. The molecule has 2 aromatic rings. The quantitative estimate of drug-likeness (QED) is 0.579. The number of nitrogens with one attached hydrogen (secondary N) is 1. The van der Waals surface area contributed by atoms with Crippen LogP contribution in [0.1, 0.15) is 30.4 Å². The lowest BCUT2D eigenvalue weighted by Gasteiger charge is -2.26. The van der Waals surface area contributed by atoms with Crippen LogP contribution in [0.4, 0.5) is 0 Å². The minimum absolute atomic E-state index is 0.377. The van der Waals surface area contributed by atoms with E-state index in [-0.39, 0.29) is 0 Å². The molecular weight excluding hydrogens is 242 g/mol. The molecule has 1 nitrogen and oxygen atoms in total. The lowest BCUT2D eigenvalue weighted by Crippen LogP contribution is -2.33. The van der Waals surface area contributed by atoms with Crippen molar-refractivity contribution in [2.75, 3.05) is 6.54 Å². The molecule has 1 unspecified atom stereocenters. The van der Waals surface area contributed by atoms with Crippen LogP contribution in [-0.4, -0.2) is 12.6 Å². The van der Waals surface area contributed by atoms with Crippen LogP contribution in [0.3, 0.4) is 0 Å². The van der Waals surface area contributed by atoms with Gasteiger partial charge in [-0.1, -0.05) is 66.7 Å². The Morgan fingerprint density at radius 2 is 1.45 bits per heavy atom. The summed E-state index contributed by atoms with van der Waals surface area (Å²) in [5.74, 6) is 0.377. The van der Waals surface area contributed by atoms with Crippen LogP contribution in [0.15, 0.2) is 73.3 Å². The summed E-state index contributed by atoms with van der Waals surface area (Å²) < 4.78 is 0. The van der Waals surface area contributed by atoms with E-state index in [1.165, 1.54) is 11.1 Å². The van der Waals surface area contributed by atoms with Gasteiger partial charge in [-0.3, -0.25) is 0 Å². The van der Waals surface area contributed by atoms with Gasteiger partial charge in [-0.25, -0.2) is 0 Å². The Bertz CT molecular complexity index is 464. The van der Waals surface area contributed by atoms with Gasteiger partial charge in [-0.15, -0.1) is 6.58 Å². The van der Waals surface area contributed by atoms with Gasteiger partial charge in [0, 0.05) is 12.0 Å². The Morgan fingerprint density at radius 1 is 0.950 bits per heavy atom. The summed E-state index contributed by atoms with van der Waals surface area (Å²) in [6.45, 7) is 7.01. The molecule has 1 atom stereocenters. The number of hydrogen-bond donors (Lipinski definition) is 1. The van der Waals surface area contributed by atoms with E-state index in [2.05, 4.69) is 79.5 Å². The van der Waals surface area contributed by atoms with Crippen LogP contribution in [0, 0.1) is 0 Å². The highest BCUT2D eigenvalue weighted by Crippen LogP contribution is 2.27. The van der Waals surface area contributed by atoms with Crippen LogP contribution >= 0.6 is 0 Å². The Labute approximate surface area is 122 Å². The third-order valence-corrected chi connectivity index (χ3v) is 3.63. The molecule has 0 aliphatic carbocycles. The smallest absolute Gasteiger partial charge is 0.0240 e. The molecule has 2 rings (SSSR count). The van der Waals surface area contributed by atoms with Gasteiger partial charge >= 0.3 is 0 Å². The van der Waals surface area contributed by atoms with Gasteiger partial charge in [0.2, 0.25) is 0 Å². The molecule has 2 aromatic carbocycles. The highest BCUT2D eigenvalue weighted by Gasteiger charge is 2.20. The molecular formula is C19H23N. The molecule has 0 aliphatic heterocycles. The third-order valence-electron chi connectivity index (χ3n) is 3.63. The Balaban J connectivity index is 2.23. The van der Waals surface area contributed by atoms with Crippen LogP contribution in [0.25, 0.3) is 0 Å². The van der Waals surface area contributed by atoms with Crippen LogP contribution in [-0.2, 0) is 0 Å². The first kappa shape index (κ1) is 14.5. The maximum atomic E-state index is 3.78. The highest BCUT2D eigenvalue weighted by atomic mass is 14.9. The zero-order chi connectivity index (χ0) is 14.2. The average Bonchev–Trinajstić information content (AvgIpc) is 2.50. The molecule has 0 fully saturated rings. The summed E-state index contributed by atoms with van der Waals surface area (Å²) in [5.41, 5.74) is 2.72. The SMILES string of the molecule is C=CCCNC(C)C(c1ccccc1)c1ccccc1. The maximum Gasteiger partial charge on any atom is 0.0240 e. The van der Waals surface area contributed by atoms with Crippen molar-refractivity contribution in [2.24, 2.45) is 0 Å². The average molecular weight is 265 g/mol. The van der Waals surface area contributed by atoms with Crippen molar-refractivity contribution < 1.29 is 0 Å². The van der Waals surface area contributed by atoms with Crippen LogP contribution in [0.5, 0.6) is 0 Å². The monoisotopic (exact) mass is 265 g/mol. The van der Waals surface area contributed by atoms with Gasteiger partial charge < -0.3 is 5.32 Å². The van der Waals surface area contributed by atoms with E-state index >= 15 is 0 Å². The van der Waals surface area contributed by atoms with Crippen molar-refractivity contribution >= 4 is 0 Å². The van der Waals surface area contributed by atoms with Crippen molar-refractivity contribution in [1.82, 2.24) is 5.32 Å². The van der Waals surface area contributed by atoms with Crippen molar-refractivity contribution in [2.45, 2.75) is 25.3 Å². The first-order valence-corrected chi connectivity index (χ1v) is 7.27. The van der Waals surface area contributed by atoms with E-state index in [1.807, 2.05) is 6.08 Å². The van der Waals surface area contributed by atoms with Gasteiger partial charge in [0.25, 0.3) is 0 Å². The van der Waals surface area contributed by atoms with Gasteiger partial charge in [0.15, 0.2) is 0 Å². The fourth-order valence-electron chi connectivity index (χ4n) is 2.62. The molecule has 0 saturated carbocycles. The van der Waals surface area contributed by atoms with Crippen LogP contribution in [0.2, 0.25) is 0 Å². The fraction of sp³-hybridized carbons (Fsp3) is 0.263. The summed E-state index contributed by atoms with van der Waals surface area (Å²) >= 11 is 0. The fourth-order valence-corrected chi connectivity index (χ4v) is 2.62. The minimum atomic E-state index is 0.377. The summed E-state index contributed by atoms with van der Waals surface area (Å²) in [6, 6.07) is 21.8. The van der Waals surface area contributed by atoms with Crippen molar-refractivity contribution in [1.29, 1.82) is 0 Å². The summed E-state index contributed by atoms with van der Waals surface area (Å²) in [4.78, 5) is 0. The summed E-state index contributed by atoms with van der Waals surface area (Å²) in [6.07, 6.45) is 2.96. The largest absolute Gasteiger partial charge is 0.313 e. The second-order valence-corrected chi connectivity index (χ2v) is 5.12. The van der Waals surface area contributed by atoms with Crippen molar-refractivity contribution in [3.63, 3.8) is 0 Å². The molecule has 0 aliphatic rings. The molecule has 104 valence electrons. The first-order chi connectivity index (χ1) is 9.83. The van der Waals surface area contributed by atoms with E-state index in [0.29, 0.717) is 12.0 Å². The van der Waals surface area contributed by atoms with Crippen LogP contribution < -0.4 is 5.32 Å². The molecule has 1 heteroatoms. The van der Waals surface area contributed by atoms with E-state index in [4.69, 9.17) is 0 Å². The predicted molar refractivity (Wildman–Crippen MR) is 87.0 cm³/mol. The van der Waals surface area contributed by atoms with E-state index < -0.39 is 0 Å². The molecule has 0 radical (unpaired) electrons. The van der Waals surface area contributed by atoms with Crippen molar-refractivity contribution in [3.05, 3.63) is 84.4 Å². The number of rotatable bonds is 7. The molecule has 0 aromatic heterocycles. The molecule has 0 saturated heterocycles. The van der Waals surface area contributed by atoms with E-state index in [0.717, 1.165) is 13.0 Å². The molecule has 0 bridgehead atoms. The molecule has 20 heavy (non-hydrogen) atoms. The summed E-state index contributed by atoms with van der Waals surface area (Å²) in [7, 11) is 0. The first-order valence-electron chi connectivity index (χ1n) is 7.27. The zero-order valence-corrected chi connectivity index (χ0v) is 12.1. The standard InChI is InChI=1S/C19H23N/c1-3-4-15-20-16(2)19(17-11-7-5-8-12-17)18-13-9-6-10-14-18/h3,5-14,16,19-20H,1,4,15H2,2H3. The van der Waals surface area contributed by atoms with Gasteiger partial charge in [0.1, 0.15) is 0 Å². The zero-order valence-electron chi connectivity index (χ0n) is 12.1. The Hall–Kier alpha value is -1.86. The number of benzene rings is 2. The number of hydrogen-bond acceptors (Lipinski definition) is 1. The predicted octanol–water partition coefficient (Wildman–Crippen LogP) is 4.37. The molecule has 0 heterocycles. The van der Waals surface area contributed by atoms with E-state index in [1.54, 1.807) is 0 Å². The topological polar surface area (TPSA) is 12.0 Å². The van der Waals surface area contributed by atoms with Crippen molar-refractivity contribution in [3.8, 4) is 0 Å². The molecule has 1 N–H and O–H groups in total. The Kier molecular flexibility index (Phi) is 5.57. The lowest BCUT2D eigenvalue weighted by atomic mass is 9.86. The minimum Gasteiger partial charge on any atom is -0.313 e. The second-order valence-electron chi connectivity index (χ2n) is 5.12. The van der Waals surface area contributed by atoms with Gasteiger partial charge in [-0.05, 0) is 31.0 Å². The normalized spacial score (nSPS) is 12.3. The third kappa shape index (κ3) is 3.82. The van der Waals surface area contributed by atoms with E-state index in [9.17, 15) is 0 Å². The summed E-state index contributed by atoms with van der Waals surface area (Å²) in [5, 5.41) is 3.61. The molecule has 0 spiro atoms. The Morgan fingerprint density at radius 3 is 1.90 bits per heavy atom. The highest BCUT2D eigenvalue weighted by molar-refractivity contribution is 5.34. The molecule has 0 amide bonds. The van der Waals surface area contributed by atoms with Gasteiger partial charge in [0.05, 0.1) is 0 Å².